The highest BCUT2D eigenvalue weighted by Crippen LogP contribution is 2.19. The average Bonchev–Trinajstić information content (AvgIpc) is 3.26. The van der Waals surface area contributed by atoms with Gasteiger partial charge in [-0.15, -0.1) is 22.7 Å². The molecule has 0 unspecified atom stereocenters. The van der Waals surface area contributed by atoms with Crippen LogP contribution in [-0.4, -0.2) is 33.9 Å². The zero-order chi connectivity index (χ0) is 16.8. The van der Waals surface area contributed by atoms with Gasteiger partial charge in [-0.05, 0) is 18.7 Å². The van der Waals surface area contributed by atoms with Gasteiger partial charge in [0, 0.05) is 36.3 Å². The number of nitrogens with zero attached hydrogens (tertiary/aromatic N) is 3. The van der Waals surface area contributed by atoms with Crippen LogP contribution in [0.5, 0.6) is 0 Å². The summed E-state index contributed by atoms with van der Waals surface area (Å²) < 4.78 is 0. The maximum absolute atomic E-state index is 12.1. The van der Waals surface area contributed by atoms with Crippen LogP contribution < -0.4 is 11.1 Å². The summed E-state index contributed by atoms with van der Waals surface area (Å²) in [5, 5.41) is 8.49. The summed E-state index contributed by atoms with van der Waals surface area (Å²) in [4.78, 5) is 25.2. The van der Waals surface area contributed by atoms with Crippen LogP contribution in [0.15, 0.2) is 35.2 Å². The largest absolute Gasteiger partial charge is 0.350 e. The van der Waals surface area contributed by atoms with Crippen LogP contribution in [0.2, 0.25) is 0 Å². The van der Waals surface area contributed by atoms with Gasteiger partial charge in [0.2, 0.25) is 0 Å². The first-order valence-electron chi connectivity index (χ1n) is 7.54. The molecule has 124 valence electrons. The summed E-state index contributed by atoms with van der Waals surface area (Å²) in [5.41, 5.74) is 7.67. The highest BCUT2D eigenvalue weighted by atomic mass is 32.1. The third kappa shape index (κ3) is 4.22. The van der Waals surface area contributed by atoms with Crippen molar-refractivity contribution in [2.75, 3.05) is 13.1 Å². The molecule has 0 spiro atoms. The minimum absolute atomic E-state index is 0.156. The summed E-state index contributed by atoms with van der Waals surface area (Å²) in [7, 11) is 0. The van der Waals surface area contributed by atoms with Crippen molar-refractivity contribution in [2.45, 2.75) is 12.8 Å². The summed E-state index contributed by atoms with van der Waals surface area (Å²) >= 11 is 3.04. The van der Waals surface area contributed by atoms with Crippen LogP contribution in [0.3, 0.4) is 0 Å². The second-order valence-corrected chi connectivity index (χ2v) is 6.90. The van der Waals surface area contributed by atoms with Crippen LogP contribution in [-0.2, 0) is 12.8 Å². The van der Waals surface area contributed by atoms with E-state index in [9.17, 15) is 4.79 Å². The maximum atomic E-state index is 12.1. The van der Waals surface area contributed by atoms with Gasteiger partial charge in [0.1, 0.15) is 5.69 Å². The number of carbonyl (C=O) groups excluding carboxylic acids is 1. The fourth-order valence-electron chi connectivity index (χ4n) is 2.08. The van der Waals surface area contributed by atoms with E-state index >= 15 is 0 Å². The van der Waals surface area contributed by atoms with E-state index in [-0.39, 0.29) is 5.91 Å². The van der Waals surface area contributed by atoms with Crippen molar-refractivity contribution in [3.8, 4) is 11.4 Å². The molecule has 0 radical (unpaired) electrons. The van der Waals surface area contributed by atoms with Gasteiger partial charge >= 0.3 is 0 Å². The molecule has 1 amide bonds. The lowest BCUT2D eigenvalue weighted by Crippen LogP contribution is -2.26. The van der Waals surface area contributed by atoms with Gasteiger partial charge in [-0.25, -0.2) is 9.97 Å². The molecule has 8 heteroatoms. The number of nitrogens with two attached hydrogens (primary N) is 1. The Bertz CT molecular complexity index is 800. The zero-order valence-electron chi connectivity index (χ0n) is 12.9. The lowest BCUT2D eigenvalue weighted by molar-refractivity contribution is 0.0949. The Hall–Kier alpha value is -2.16. The highest BCUT2D eigenvalue weighted by molar-refractivity contribution is 7.10. The van der Waals surface area contributed by atoms with Crippen molar-refractivity contribution >= 4 is 28.6 Å². The Kier molecular flexibility index (Phi) is 5.63. The molecule has 6 nitrogen and oxygen atoms in total. The van der Waals surface area contributed by atoms with Crippen molar-refractivity contribution < 1.29 is 4.79 Å². The Morgan fingerprint density at radius 1 is 1.08 bits per heavy atom. The van der Waals surface area contributed by atoms with E-state index in [2.05, 4.69) is 20.3 Å². The third-order valence-electron chi connectivity index (χ3n) is 3.25. The number of pyridine rings is 1. The summed E-state index contributed by atoms with van der Waals surface area (Å²) in [6, 6.07) is 5.75. The number of hydrogen-bond donors (Lipinski definition) is 2. The van der Waals surface area contributed by atoms with Crippen LogP contribution in [0.25, 0.3) is 11.4 Å². The van der Waals surface area contributed by atoms with E-state index in [1.807, 2.05) is 23.6 Å². The first kappa shape index (κ1) is 16.7. The number of hydrogen-bond acceptors (Lipinski definition) is 7. The number of carbonyl (C=O) groups is 1. The molecule has 24 heavy (non-hydrogen) atoms. The molecule has 3 aromatic heterocycles. The molecule has 0 atom stereocenters. The number of amides is 1. The molecule has 0 saturated heterocycles. The Morgan fingerprint density at radius 3 is 2.71 bits per heavy atom. The quantitative estimate of drug-likeness (QED) is 0.674. The first-order valence-corrected chi connectivity index (χ1v) is 9.30. The van der Waals surface area contributed by atoms with E-state index in [1.165, 1.54) is 11.3 Å². The van der Waals surface area contributed by atoms with Gasteiger partial charge in [0.15, 0.2) is 0 Å². The van der Waals surface area contributed by atoms with E-state index in [0.717, 1.165) is 21.4 Å². The molecule has 0 saturated carbocycles. The normalized spacial score (nSPS) is 10.7. The van der Waals surface area contributed by atoms with Gasteiger partial charge in [-0.3, -0.25) is 9.78 Å². The molecular formula is C16H17N5OS2. The molecule has 0 aliphatic heterocycles. The van der Waals surface area contributed by atoms with Gasteiger partial charge in [0.05, 0.1) is 21.4 Å². The smallest absolute Gasteiger partial charge is 0.270 e. The molecule has 0 aliphatic carbocycles. The summed E-state index contributed by atoms with van der Waals surface area (Å²) in [5.74, 6) is -0.156. The fourth-order valence-corrected chi connectivity index (χ4v) is 3.67. The Balaban J connectivity index is 1.51. The van der Waals surface area contributed by atoms with Gasteiger partial charge in [-0.1, -0.05) is 6.07 Å². The molecular weight excluding hydrogens is 342 g/mol. The van der Waals surface area contributed by atoms with E-state index < -0.39 is 0 Å². The van der Waals surface area contributed by atoms with Crippen molar-refractivity contribution in [2.24, 2.45) is 5.73 Å². The SMILES string of the molecule is NCCc1nc(C(=O)NCCc2nc(-c3ccccn3)cs2)cs1. The lowest BCUT2D eigenvalue weighted by atomic mass is 10.3. The van der Waals surface area contributed by atoms with Crippen LogP contribution in [0.1, 0.15) is 20.5 Å². The van der Waals surface area contributed by atoms with Gasteiger partial charge in [-0.2, -0.15) is 0 Å². The third-order valence-corrected chi connectivity index (χ3v) is 5.06. The lowest BCUT2D eigenvalue weighted by Gasteiger charge is -2.01. The Labute approximate surface area is 147 Å². The number of aromatic nitrogens is 3. The van der Waals surface area contributed by atoms with E-state index in [1.54, 1.807) is 22.9 Å². The molecule has 3 heterocycles. The van der Waals surface area contributed by atoms with Gasteiger partial charge in [0.25, 0.3) is 5.91 Å². The summed E-state index contributed by atoms with van der Waals surface area (Å²) in [6.07, 6.45) is 3.14. The van der Waals surface area contributed by atoms with Crippen LogP contribution in [0.4, 0.5) is 0 Å². The fraction of sp³-hybridized carbons (Fsp3) is 0.250. The Morgan fingerprint density at radius 2 is 1.92 bits per heavy atom. The number of rotatable bonds is 7. The van der Waals surface area contributed by atoms with E-state index in [0.29, 0.717) is 31.6 Å². The predicted molar refractivity (Wildman–Crippen MR) is 96.3 cm³/mol. The van der Waals surface area contributed by atoms with Crippen molar-refractivity contribution in [3.05, 3.63) is 50.9 Å². The molecule has 3 aromatic rings. The maximum Gasteiger partial charge on any atom is 0.270 e. The standard InChI is InChI=1S/C16H17N5OS2/c17-6-4-14-21-13(10-24-14)16(22)19-8-5-15-20-12(9-23-15)11-3-1-2-7-18-11/h1-3,7,9-10H,4-6,8,17H2,(H,19,22). The monoisotopic (exact) mass is 359 g/mol. The van der Waals surface area contributed by atoms with Crippen molar-refractivity contribution in [3.63, 3.8) is 0 Å². The number of nitrogens with one attached hydrogen (secondary N) is 1. The average molecular weight is 359 g/mol. The number of thiazole rings is 2. The molecule has 0 aromatic carbocycles. The predicted octanol–water partition coefficient (Wildman–Crippen LogP) is 2.14. The first-order chi connectivity index (χ1) is 11.8. The summed E-state index contributed by atoms with van der Waals surface area (Å²) in [6.45, 7) is 1.06. The molecule has 3 rings (SSSR count). The van der Waals surface area contributed by atoms with Crippen molar-refractivity contribution in [1.29, 1.82) is 0 Å². The van der Waals surface area contributed by atoms with Crippen LogP contribution >= 0.6 is 22.7 Å². The van der Waals surface area contributed by atoms with Crippen LogP contribution in [0, 0.1) is 0 Å². The molecule has 0 aliphatic rings. The highest BCUT2D eigenvalue weighted by Gasteiger charge is 2.11. The topological polar surface area (TPSA) is 93.8 Å². The molecule has 0 fully saturated rings. The molecule has 0 bridgehead atoms. The van der Waals surface area contributed by atoms with Gasteiger partial charge < -0.3 is 11.1 Å². The molecule has 3 N–H and O–H groups in total. The second kappa shape index (κ2) is 8.09. The second-order valence-electron chi connectivity index (χ2n) is 5.01. The zero-order valence-corrected chi connectivity index (χ0v) is 14.6. The van der Waals surface area contributed by atoms with E-state index in [4.69, 9.17) is 5.73 Å². The minimum Gasteiger partial charge on any atom is -0.350 e. The minimum atomic E-state index is -0.156. The van der Waals surface area contributed by atoms with Crippen molar-refractivity contribution in [1.82, 2.24) is 20.3 Å².